The molecule has 2 N–H and O–H groups in total. The van der Waals surface area contributed by atoms with Gasteiger partial charge in [-0.2, -0.15) is 0 Å². The van der Waals surface area contributed by atoms with Gasteiger partial charge in [-0.3, -0.25) is 19.9 Å². The van der Waals surface area contributed by atoms with Crippen LogP contribution in [-0.4, -0.2) is 37.9 Å². The zero-order valence-corrected chi connectivity index (χ0v) is 13.1. The van der Waals surface area contributed by atoms with E-state index in [4.69, 9.17) is 16.7 Å². The highest BCUT2D eigenvalue weighted by molar-refractivity contribution is 8.01. The molecule has 2 aromatic rings. The van der Waals surface area contributed by atoms with Crippen LogP contribution in [0.15, 0.2) is 16.6 Å². The van der Waals surface area contributed by atoms with E-state index in [1.54, 1.807) is 13.0 Å². The van der Waals surface area contributed by atoms with E-state index in [1.165, 1.54) is 6.20 Å². The van der Waals surface area contributed by atoms with E-state index >= 15 is 0 Å². The number of carbonyl (C=O) groups excluding carboxylic acids is 1. The van der Waals surface area contributed by atoms with Gasteiger partial charge in [0, 0.05) is 11.9 Å². The summed E-state index contributed by atoms with van der Waals surface area (Å²) in [6.07, 6.45) is 1.38. The molecule has 10 heteroatoms. The van der Waals surface area contributed by atoms with Gasteiger partial charge in [0.25, 0.3) is 5.91 Å². The Balaban J connectivity index is 2.04. The lowest BCUT2D eigenvalue weighted by molar-refractivity contribution is -0.133. The number of carboxylic acid groups (broad SMARTS) is 1. The summed E-state index contributed by atoms with van der Waals surface area (Å²) in [5.74, 6) is -1.51. The Morgan fingerprint density at radius 3 is 2.90 bits per heavy atom. The third-order valence-corrected chi connectivity index (χ3v) is 4.45. The number of aryl methyl sites for hydroxylation is 1. The second-order valence-corrected chi connectivity index (χ2v) is 6.42. The van der Waals surface area contributed by atoms with E-state index in [-0.39, 0.29) is 16.4 Å². The number of hydrogen-bond acceptors (Lipinski definition) is 7. The van der Waals surface area contributed by atoms with Crippen LogP contribution < -0.4 is 5.32 Å². The normalized spacial score (nSPS) is 10.4. The van der Waals surface area contributed by atoms with Crippen LogP contribution in [0.1, 0.15) is 16.1 Å². The Labute approximate surface area is 132 Å². The molecule has 7 nitrogen and oxygen atoms in total. The lowest BCUT2D eigenvalue weighted by Crippen LogP contribution is -2.12. The third kappa shape index (κ3) is 4.38. The van der Waals surface area contributed by atoms with Crippen molar-refractivity contribution < 1.29 is 14.7 Å². The minimum absolute atomic E-state index is 0.115. The maximum atomic E-state index is 12.0. The molecule has 0 aliphatic heterocycles. The van der Waals surface area contributed by atoms with E-state index < -0.39 is 11.9 Å². The average molecular weight is 345 g/mol. The molecule has 0 aliphatic carbocycles. The van der Waals surface area contributed by atoms with Crippen molar-refractivity contribution in [2.24, 2.45) is 0 Å². The summed E-state index contributed by atoms with van der Waals surface area (Å²) < 4.78 is 0.459. The number of halogens is 1. The molecule has 1 amide bonds. The second kappa shape index (κ2) is 6.83. The van der Waals surface area contributed by atoms with Gasteiger partial charge in [0.05, 0.1) is 16.3 Å². The first-order valence-electron chi connectivity index (χ1n) is 5.57. The van der Waals surface area contributed by atoms with Gasteiger partial charge in [-0.05, 0) is 13.0 Å². The van der Waals surface area contributed by atoms with E-state index in [2.05, 4.69) is 20.5 Å². The Hall–Kier alpha value is -1.71. The molecule has 0 atom stereocenters. The van der Waals surface area contributed by atoms with Gasteiger partial charge < -0.3 is 5.11 Å². The predicted octanol–water partition coefficient (Wildman–Crippen LogP) is 2.32. The number of pyridine rings is 1. The minimum Gasteiger partial charge on any atom is -0.481 e. The van der Waals surface area contributed by atoms with Crippen LogP contribution in [0, 0.1) is 6.92 Å². The number of thioether (sulfide) groups is 1. The van der Waals surface area contributed by atoms with Gasteiger partial charge >= 0.3 is 5.97 Å². The van der Waals surface area contributed by atoms with Gasteiger partial charge in [0.2, 0.25) is 5.13 Å². The van der Waals surface area contributed by atoms with Gasteiger partial charge in [-0.25, -0.2) is 0 Å². The van der Waals surface area contributed by atoms with Crippen LogP contribution in [0.2, 0.25) is 5.02 Å². The number of nitrogens with zero attached hydrogens (tertiary/aromatic N) is 3. The Morgan fingerprint density at radius 1 is 1.48 bits per heavy atom. The van der Waals surface area contributed by atoms with Crippen LogP contribution in [-0.2, 0) is 4.79 Å². The van der Waals surface area contributed by atoms with E-state index in [0.29, 0.717) is 15.1 Å². The van der Waals surface area contributed by atoms with Crippen molar-refractivity contribution in [2.45, 2.75) is 11.3 Å². The standard InChI is InChI=1S/C11H9ClN4O3S2/c1-5-2-7(12)6(3-13-5)9(19)14-10-15-16-11(21-10)20-4-8(17)18/h2-3H,4H2,1H3,(H,17,18)(H,14,15,19). The largest absolute Gasteiger partial charge is 0.481 e. The lowest BCUT2D eigenvalue weighted by Gasteiger charge is -2.03. The van der Waals surface area contributed by atoms with E-state index in [9.17, 15) is 9.59 Å². The highest BCUT2D eigenvalue weighted by Gasteiger charge is 2.14. The summed E-state index contributed by atoms with van der Waals surface area (Å²) in [6, 6.07) is 1.59. The summed E-state index contributed by atoms with van der Waals surface area (Å²) in [5.41, 5.74) is 0.942. The van der Waals surface area contributed by atoms with Crippen molar-refractivity contribution in [3.05, 3.63) is 28.5 Å². The highest BCUT2D eigenvalue weighted by Crippen LogP contribution is 2.26. The van der Waals surface area contributed by atoms with Gasteiger partial charge in [0.1, 0.15) is 0 Å². The molecule has 0 unspecified atom stereocenters. The smallest absolute Gasteiger partial charge is 0.313 e. The minimum atomic E-state index is -0.946. The molecule has 2 rings (SSSR count). The molecular formula is C11H9ClN4O3S2. The summed E-state index contributed by atoms with van der Waals surface area (Å²) in [6.45, 7) is 1.77. The molecule has 21 heavy (non-hydrogen) atoms. The van der Waals surface area contributed by atoms with Crippen molar-refractivity contribution >= 4 is 51.7 Å². The first kappa shape index (κ1) is 15.7. The predicted molar refractivity (Wildman–Crippen MR) is 80.2 cm³/mol. The van der Waals surface area contributed by atoms with E-state index in [0.717, 1.165) is 23.1 Å². The lowest BCUT2D eigenvalue weighted by atomic mass is 10.2. The number of carbonyl (C=O) groups is 2. The van der Waals surface area contributed by atoms with Crippen molar-refractivity contribution in [2.75, 3.05) is 11.1 Å². The monoisotopic (exact) mass is 344 g/mol. The average Bonchev–Trinajstić information content (AvgIpc) is 2.83. The number of aliphatic carboxylic acids is 1. The van der Waals surface area contributed by atoms with Crippen molar-refractivity contribution in [3.8, 4) is 0 Å². The topological polar surface area (TPSA) is 105 Å². The number of carboxylic acids is 1. The zero-order chi connectivity index (χ0) is 15.4. The first-order valence-corrected chi connectivity index (χ1v) is 7.75. The fourth-order valence-electron chi connectivity index (χ4n) is 1.30. The number of amides is 1. The van der Waals surface area contributed by atoms with Crippen LogP contribution in [0.5, 0.6) is 0 Å². The van der Waals surface area contributed by atoms with Crippen LogP contribution in [0.25, 0.3) is 0 Å². The summed E-state index contributed by atoms with van der Waals surface area (Å²) in [7, 11) is 0. The molecule has 0 saturated heterocycles. The molecule has 0 radical (unpaired) electrons. The molecule has 0 spiro atoms. The van der Waals surface area contributed by atoms with E-state index in [1.807, 2.05) is 0 Å². The van der Waals surface area contributed by atoms with Crippen molar-refractivity contribution in [1.82, 2.24) is 15.2 Å². The van der Waals surface area contributed by atoms with Crippen LogP contribution in [0.4, 0.5) is 5.13 Å². The Morgan fingerprint density at radius 2 is 2.24 bits per heavy atom. The maximum Gasteiger partial charge on any atom is 0.313 e. The molecule has 2 heterocycles. The van der Waals surface area contributed by atoms with Crippen LogP contribution >= 0.6 is 34.7 Å². The maximum absolute atomic E-state index is 12.0. The molecule has 0 saturated carbocycles. The van der Waals surface area contributed by atoms with Gasteiger partial charge in [-0.15, -0.1) is 10.2 Å². The number of aromatic nitrogens is 3. The summed E-state index contributed by atoms with van der Waals surface area (Å²) in [4.78, 5) is 26.5. The molecule has 0 fully saturated rings. The highest BCUT2D eigenvalue weighted by atomic mass is 35.5. The zero-order valence-electron chi connectivity index (χ0n) is 10.7. The number of anilines is 1. The summed E-state index contributed by atoms with van der Waals surface area (Å²) in [5, 5.41) is 19.2. The van der Waals surface area contributed by atoms with Crippen molar-refractivity contribution in [3.63, 3.8) is 0 Å². The Bertz CT molecular complexity index is 692. The van der Waals surface area contributed by atoms with Crippen molar-refractivity contribution in [1.29, 1.82) is 0 Å². The van der Waals surface area contributed by atoms with Crippen LogP contribution in [0.3, 0.4) is 0 Å². The molecule has 2 aromatic heterocycles. The summed E-state index contributed by atoms with van der Waals surface area (Å²) >= 11 is 8.10. The van der Waals surface area contributed by atoms with Gasteiger partial charge in [0.15, 0.2) is 4.34 Å². The number of hydrogen-bond donors (Lipinski definition) is 2. The second-order valence-electron chi connectivity index (χ2n) is 3.82. The number of rotatable bonds is 5. The molecule has 0 bridgehead atoms. The molecule has 110 valence electrons. The molecule has 0 aromatic carbocycles. The SMILES string of the molecule is Cc1cc(Cl)c(C(=O)Nc2nnc(SCC(=O)O)s2)cn1. The fraction of sp³-hybridized carbons (Fsp3) is 0.182. The quantitative estimate of drug-likeness (QED) is 0.633. The third-order valence-electron chi connectivity index (χ3n) is 2.18. The molecule has 0 aliphatic rings. The first-order chi connectivity index (χ1) is 9.95. The fourth-order valence-corrected chi connectivity index (χ4v) is 3.06. The van der Waals surface area contributed by atoms with Gasteiger partial charge in [-0.1, -0.05) is 34.7 Å². The number of nitrogens with one attached hydrogen (secondary N) is 1. The Kier molecular flexibility index (Phi) is 5.10. The molecular weight excluding hydrogens is 336 g/mol.